The van der Waals surface area contributed by atoms with Crippen molar-refractivity contribution in [3.63, 3.8) is 0 Å². The van der Waals surface area contributed by atoms with Crippen molar-refractivity contribution in [1.29, 1.82) is 0 Å². The summed E-state index contributed by atoms with van der Waals surface area (Å²) in [5.74, 6) is 0.524. The molecule has 0 radical (unpaired) electrons. The van der Waals surface area contributed by atoms with Crippen LogP contribution < -0.4 is 14.9 Å². The fraction of sp³-hybridized carbons (Fsp3) is 0.105. The molecule has 4 rings (SSSR count). The summed E-state index contributed by atoms with van der Waals surface area (Å²) < 4.78 is 40.1. The number of fused-ring (bicyclic) bond motifs is 3. The molecule has 28 heavy (non-hydrogen) atoms. The molecular formula is C19H14F2N4O3. The average Bonchev–Trinajstić information content (AvgIpc) is 3.08. The van der Waals surface area contributed by atoms with Crippen LogP contribution in [0.3, 0.4) is 0 Å². The Labute approximate surface area is 157 Å². The molecule has 0 aliphatic rings. The number of furan rings is 1. The summed E-state index contributed by atoms with van der Waals surface area (Å²) in [6.45, 7) is -2.93. The van der Waals surface area contributed by atoms with Gasteiger partial charge >= 0.3 is 6.61 Å². The van der Waals surface area contributed by atoms with E-state index >= 15 is 0 Å². The van der Waals surface area contributed by atoms with Gasteiger partial charge in [0.1, 0.15) is 17.4 Å². The van der Waals surface area contributed by atoms with Crippen LogP contribution in [0.15, 0.2) is 58.3 Å². The first-order valence-electron chi connectivity index (χ1n) is 8.20. The normalized spacial score (nSPS) is 11.6. The number of rotatable bonds is 6. The number of ether oxygens (including phenoxy) is 2. The zero-order valence-corrected chi connectivity index (χ0v) is 14.6. The van der Waals surface area contributed by atoms with Crippen molar-refractivity contribution in [3.05, 3.63) is 54.4 Å². The molecular weight excluding hydrogens is 370 g/mol. The third-order valence-corrected chi connectivity index (χ3v) is 3.95. The van der Waals surface area contributed by atoms with Crippen LogP contribution in [-0.4, -0.2) is 29.9 Å². The second-order valence-electron chi connectivity index (χ2n) is 5.66. The van der Waals surface area contributed by atoms with Gasteiger partial charge < -0.3 is 13.9 Å². The van der Waals surface area contributed by atoms with Gasteiger partial charge in [0, 0.05) is 5.39 Å². The Balaban J connectivity index is 1.58. The van der Waals surface area contributed by atoms with Gasteiger partial charge in [0.2, 0.25) is 0 Å². The van der Waals surface area contributed by atoms with Crippen LogP contribution in [0.2, 0.25) is 0 Å². The first kappa shape index (κ1) is 17.7. The van der Waals surface area contributed by atoms with E-state index in [1.54, 1.807) is 6.07 Å². The minimum atomic E-state index is -2.93. The van der Waals surface area contributed by atoms with Gasteiger partial charge in [0.05, 0.1) is 13.3 Å². The first-order valence-corrected chi connectivity index (χ1v) is 8.20. The minimum Gasteiger partial charge on any atom is -0.493 e. The van der Waals surface area contributed by atoms with Gasteiger partial charge in [-0.1, -0.05) is 12.1 Å². The van der Waals surface area contributed by atoms with Crippen molar-refractivity contribution in [2.75, 3.05) is 12.5 Å². The number of aromatic nitrogens is 2. The summed E-state index contributed by atoms with van der Waals surface area (Å²) >= 11 is 0. The molecule has 1 N–H and O–H groups in total. The Hall–Kier alpha value is -3.75. The number of hydrogen-bond donors (Lipinski definition) is 1. The summed E-state index contributed by atoms with van der Waals surface area (Å²) in [5.41, 5.74) is 5.29. The molecule has 0 amide bonds. The van der Waals surface area contributed by atoms with Crippen molar-refractivity contribution in [1.82, 2.24) is 9.97 Å². The average molecular weight is 384 g/mol. The number of benzene rings is 2. The number of hydrogen-bond acceptors (Lipinski definition) is 7. The lowest BCUT2D eigenvalue weighted by molar-refractivity contribution is -0.0512. The van der Waals surface area contributed by atoms with Gasteiger partial charge in [0.15, 0.2) is 22.9 Å². The Morgan fingerprint density at radius 1 is 1.14 bits per heavy atom. The standard InChI is InChI=1S/C19H14F2N4O3/c1-26-15-8-11(6-7-14(15)28-19(20)21)9-24-25-18-17-16(22-10-23-18)12-4-2-3-5-13(12)27-17/h2-10,19H,1H3,(H,22,23,25)/b24-9-. The molecule has 0 aliphatic heterocycles. The Morgan fingerprint density at radius 3 is 2.82 bits per heavy atom. The van der Waals surface area contributed by atoms with Crippen molar-refractivity contribution in [2.24, 2.45) is 5.10 Å². The van der Waals surface area contributed by atoms with Crippen LogP contribution >= 0.6 is 0 Å². The van der Waals surface area contributed by atoms with Crippen LogP contribution in [0.5, 0.6) is 11.5 Å². The van der Waals surface area contributed by atoms with Gasteiger partial charge in [-0.15, -0.1) is 0 Å². The molecule has 0 saturated carbocycles. The third kappa shape index (κ3) is 3.41. The van der Waals surface area contributed by atoms with E-state index in [4.69, 9.17) is 9.15 Å². The third-order valence-electron chi connectivity index (χ3n) is 3.95. The smallest absolute Gasteiger partial charge is 0.387 e. The number of halogens is 2. The summed E-state index contributed by atoms with van der Waals surface area (Å²) in [5, 5.41) is 5.01. The van der Waals surface area contributed by atoms with E-state index in [-0.39, 0.29) is 11.5 Å². The van der Waals surface area contributed by atoms with Gasteiger partial charge in [-0.2, -0.15) is 13.9 Å². The summed E-state index contributed by atoms with van der Waals surface area (Å²) in [7, 11) is 1.37. The van der Waals surface area contributed by atoms with Crippen LogP contribution in [0.4, 0.5) is 14.6 Å². The SMILES string of the molecule is COc1cc(/C=N\Nc2ncnc3c2oc2ccccc23)ccc1OC(F)F. The maximum atomic E-state index is 12.4. The number of para-hydroxylation sites is 1. The molecule has 0 aliphatic carbocycles. The van der Waals surface area contributed by atoms with Gasteiger partial charge in [0.25, 0.3) is 0 Å². The molecule has 2 aromatic heterocycles. The second-order valence-corrected chi connectivity index (χ2v) is 5.66. The minimum absolute atomic E-state index is 0.0533. The summed E-state index contributed by atoms with van der Waals surface area (Å²) in [4.78, 5) is 8.42. The zero-order valence-electron chi connectivity index (χ0n) is 14.6. The Kier molecular flexibility index (Phi) is 4.71. The van der Waals surface area contributed by atoms with E-state index in [2.05, 4.69) is 25.2 Å². The monoisotopic (exact) mass is 384 g/mol. The molecule has 2 heterocycles. The van der Waals surface area contributed by atoms with Crippen LogP contribution in [-0.2, 0) is 0 Å². The van der Waals surface area contributed by atoms with Crippen molar-refractivity contribution in [3.8, 4) is 11.5 Å². The van der Waals surface area contributed by atoms with Crippen molar-refractivity contribution >= 4 is 34.1 Å². The molecule has 9 heteroatoms. The predicted octanol–water partition coefficient (Wildman–Crippen LogP) is 4.43. The highest BCUT2D eigenvalue weighted by molar-refractivity contribution is 6.05. The van der Waals surface area contributed by atoms with Crippen LogP contribution in [0.1, 0.15) is 5.56 Å². The highest BCUT2D eigenvalue weighted by atomic mass is 19.3. The quantitative estimate of drug-likeness (QED) is 0.391. The molecule has 0 unspecified atom stereocenters. The fourth-order valence-corrected chi connectivity index (χ4v) is 2.73. The number of anilines is 1. The van der Waals surface area contributed by atoms with Crippen molar-refractivity contribution < 1.29 is 22.7 Å². The molecule has 2 aromatic carbocycles. The molecule has 0 saturated heterocycles. The van der Waals surface area contributed by atoms with Crippen LogP contribution in [0.25, 0.3) is 22.1 Å². The zero-order chi connectivity index (χ0) is 19.5. The second kappa shape index (κ2) is 7.47. The Morgan fingerprint density at radius 2 is 2.00 bits per heavy atom. The van der Waals surface area contributed by atoms with E-state index in [9.17, 15) is 8.78 Å². The summed E-state index contributed by atoms with van der Waals surface area (Å²) in [6, 6.07) is 12.0. The highest BCUT2D eigenvalue weighted by Crippen LogP contribution is 2.31. The highest BCUT2D eigenvalue weighted by Gasteiger charge is 2.13. The lowest BCUT2D eigenvalue weighted by atomic mass is 10.2. The number of hydrazone groups is 1. The summed E-state index contributed by atoms with van der Waals surface area (Å²) in [6.07, 6.45) is 2.91. The molecule has 142 valence electrons. The topological polar surface area (TPSA) is 81.8 Å². The van der Waals surface area contributed by atoms with E-state index in [1.165, 1.54) is 31.8 Å². The van der Waals surface area contributed by atoms with E-state index < -0.39 is 6.61 Å². The molecule has 0 atom stereocenters. The number of nitrogens with zero attached hydrogens (tertiary/aromatic N) is 3. The fourth-order valence-electron chi connectivity index (χ4n) is 2.73. The number of nitrogens with one attached hydrogen (secondary N) is 1. The molecule has 7 nitrogen and oxygen atoms in total. The van der Waals surface area contributed by atoms with Crippen molar-refractivity contribution in [2.45, 2.75) is 6.61 Å². The number of methoxy groups -OCH3 is 1. The van der Waals surface area contributed by atoms with Crippen LogP contribution in [0, 0.1) is 0 Å². The molecule has 0 spiro atoms. The van der Waals surface area contributed by atoms with Gasteiger partial charge in [-0.05, 0) is 35.9 Å². The maximum absolute atomic E-state index is 12.4. The van der Waals surface area contributed by atoms with Gasteiger partial charge in [-0.25, -0.2) is 9.97 Å². The maximum Gasteiger partial charge on any atom is 0.387 e. The molecule has 0 fully saturated rings. The van der Waals surface area contributed by atoms with Gasteiger partial charge in [-0.3, -0.25) is 5.43 Å². The van der Waals surface area contributed by atoms with E-state index in [0.717, 1.165) is 5.39 Å². The lowest BCUT2D eigenvalue weighted by Gasteiger charge is -2.09. The molecule has 4 aromatic rings. The van der Waals surface area contributed by atoms with E-state index in [0.29, 0.717) is 28.1 Å². The predicted molar refractivity (Wildman–Crippen MR) is 100 cm³/mol. The first-order chi connectivity index (χ1) is 13.7. The largest absolute Gasteiger partial charge is 0.493 e. The van der Waals surface area contributed by atoms with E-state index in [1.807, 2.05) is 24.3 Å². The Bertz CT molecular complexity index is 1160. The lowest BCUT2D eigenvalue weighted by Crippen LogP contribution is -2.03. The molecule has 0 bridgehead atoms. The number of alkyl halides is 2.